The average Bonchev–Trinajstić information content (AvgIpc) is 2.97. The Morgan fingerprint density at radius 1 is 1.65 bits per heavy atom. The molecule has 0 atom stereocenters. The fourth-order valence-electron chi connectivity index (χ4n) is 1.03. The Kier molecular flexibility index (Phi) is 4.04. The van der Waals surface area contributed by atoms with E-state index in [4.69, 9.17) is 0 Å². The molecular weight excluding hydrogens is 262 g/mol. The van der Waals surface area contributed by atoms with Crippen LogP contribution in [0.3, 0.4) is 0 Å². The van der Waals surface area contributed by atoms with Crippen molar-refractivity contribution in [1.29, 1.82) is 0 Å². The lowest BCUT2D eigenvalue weighted by Gasteiger charge is -2.01. The van der Waals surface area contributed by atoms with Crippen LogP contribution in [0.4, 0.5) is 0 Å². The molecule has 2 heterocycles. The van der Waals surface area contributed by atoms with E-state index in [0.717, 1.165) is 10.6 Å². The van der Waals surface area contributed by atoms with Crippen molar-refractivity contribution in [3.63, 3.8) is 0 Å². The first-order valence-corrected chi connectivity index (χ1v) is 6.49. The first kappa shape index (κ1) is 12.0. The molecule has 0 radical (unpaired) electrons. The van der Waals surface area contributed by atoms with Crippen molar-refractivity contribution in [3.05, 3.63) is 16.6 Å². The van der Waals surface area contributed by atoms with E-state index in [9.17, 15) is 4.79 Å². The van der Waals surface area contributed by atoms with Gasteiger partial charge in [0.25, 0.3) is 0 Å². The third-order valence-corrected chi connectivity index (χ3v) is 3.80. The van der Waals surface area contributed by atoms with Crippen LogP contribution in [0.15, 0.2) is 16.9 Å². The Labute approximate surface area is 105 Å². The van der Waals surface area contributed by atoms with Crippen LogP contribution >= 0.6 is 23.1 Å². The molecule has 0 spiro atoms. The maximum atomic E-state index is 11.1. The highest BCUT2D eigenvalue weighted by atomic mass is 32.2. The molecule has 0 amide bonds. The molecule has 2 aromatic rings. The van der Waals surface area contributed by atoms with Gasteiger partial charge in [0.05, 0.1) is 12.6 Å². The molecule has 0 N–H and O–H groups in total. The van der Waals surface area contributed by atoms with E-state index >= 15 is 0 Å². The molecule has 0 aliphatic heterocycles. The normalized spacial score (nSPS) is 10.4. The number of nitrogens with zero attached hydrogens (tertiary/aromatic N) is 5. The topological polar surface area (TPSA) is 82.8 Å². The van der Waals surface area contributed by atoms with Gasteiger partial charge in [-0.1, -0.05) is 11.8 Å². The standard InChI is InChI=1S/C8H9N5O2S2/c1-15-7(14)3-13-8(10-11-12-13)16-4-6-2-9-5-17-6/h2,5H,3-4H2,1H3. The van der Waals surface area contributed by atoms with Crippen LogP contribution in [0.25, 0.3) is 0 Å². The maximum Gasteiger partial charge on any atom is 0.327 e. The van der Waals surface area contributed by atoms with Crippen LogP contribution in [0.1, 0.15) is 4.88 Å². The number of methoxy groups -OCH3 is 1. The third kappa shape index (κ3) is 3.24. The van der Waals surface area contributed by atoms with Crippen molar-refractivity contribution in [1.82, 2.24) is 25.2 Å². The first-order chi connectivity index (χ1) is 8.29. The Hall–Kier alpha value is -1.48. The molecule has 0 saturated heterocycles. The smallest absolute Gasteiger partial charge is 0.327 e. The Morgan fingerprint density at radius 3 is 3.24 bits per heavy atom. The number of rotatable bonds is 5. The molecule has 17 heavy (non-hydrogen) atoms. The van der Waals surface area contributed by atoms with Crippen molar-refractivity contribution < 1.29 is 9.53 Å². The van der Waals surface area contributed by atoms with Crippen LogP contribution < -0.4 is 0 Å². The molecule has 0 fully saturated rings. The summed E-state index contributed by atoms with van der Waals surface area (Å²) in [4.78, 5) is 16.2. The van der Waals surface area contributed by atoms with Gasteiger partial charge in [-0.15, -0.1) is 16.4 Å². The molecule has 0 aromatic carbocycles. The van der Waals surface area contributed by atoms with Gasteiger partial charge >= 0.3 is 5.97 Å². The fraction of sp³-hybridized carbons (Fsp3) is 0.375. The summed E-state index contributed by atoms with van der Waals surface area (Å²) < 4.78 is 5.97. The van der Waals surface area contributed by atoms with E-state index in [1.54, 1.807) is 23.0 Å². The largest absolute Gasteiger partial charge is 0.468 e. The third-order valence-electron chi connectivity index (χ3n) is 1.83. The molecule has 0 saturated carbocycles. The molecule has 2 aromatic heterocycles. The van der Waals surface area contributed by atoms with Crippen molar-refractivity contribution >= 4 is 29.1 Å². The van der Waals surface area contributed by atoms with E-state index in [-0.39, 0.29) is 12.5 Å². The lowest BCUT2D eigenvalue weighted by atomic mass is 10.6. The van der Waals surface area contributed by atoms with Gasteiger partial charge in [0.15, 0.2) is 0 Å². The SMILES string of the molecule is COC(=O)Cn1nnnc1SCc1cncs1. The van der Waals surface area contributed by atoms with Crippen molar-refractivity contribution in [2.75, 3.05) is 7.11 Å². The van der Waals surface area contributed by atoms with Crippen LogP contribution in [0.2, 0.25) is 0 Å². The van der Waals surface area contributed by atoms with Crippen molar-refractivity contribution in [2.24, 2.45) is 0 Å². The summed E-state index contributed by atoms with van der Waals surface area (Å²) in [6, 6.07) is 0. The second-order valence-corrected chi connectivity index (χ2v) is 4.87. The Bertz CT molecular complexity index is 484. The second kappa shape index (κ2) is 5.73. The van der Waals surface area contributed by atoms with Crippen molar-refractivity contribution in [3.8, 4) is 0 Å². The Balaban J connectivity index is 1.96. The molecule has 0 unspecified atom stereocenters. The number of hydrogen-bond donors (Lipinski definition) is 0. The fourth-order valence-corrected chi connectivity index (χ4v) is 2.55. The summed E-state index contributed by atoms with van der Waals surface area (Å²) in [5.41, 5.74) is 1.77. The van der Waals surface area contributed by atoms with E-state index in [0.29, 0.717) is 5.16 Å². The highest BCUT2D eigenvalue weighted by Crippen LogP contribution is 2.21. The number of carbonyl (C=O) groups is 1. The van der Waals surface area contributed by atoms with Gasteiger partial charge in [-0.25, -0.2) is 4.68 Å². The lowest BCUT2D eigenvalue weighted by Crippen LogP contribution is -2.13. The molecule has 2 rings (SSSR count). The number of hydrogen-bond acceptors (Lipinski definition) is 8. The molecule has 0 aliphatic rings. The van der Waals surface area contributed by atoms with E-state index < -0.39 is 0 Å². The summed E-state index contributed by atoms with van der Waals surface area (Å²) in [6.07, 6.45) is 1.80. The minimum absolute atomic E-state index is 0.0223. The minimum atomic E-state index is -0.378. The lowest BCUT2D eigenvalue weighted by molar-refractivity contribution is -0.141. The zero-order valence-corrected chi connectivity index (χ0v) is 10.6. The monoisotopic (exact) mass is 271 g/mol. The summed E-state index contributed by atoms with van der Waals surface area (Å²) in [5, 5.41) is 11.7. The number of ether oxygens (including phenoxy) is 1. The maximum absolute atomic E-state index is 11.1. The minimum Gasteiger partial charge on any atom is -0.468 e. The van der Waals surface area contributed by atoms with Crippen LogP contribution in [-0.4, -0.2) is 38.3 Å². The summed E-state index contributed by atoms with van der Waals surface area (Å²) >= 11 is 3.02. The second-order valence-electron chi connectivity index (χ2n) is 2.95. The summed E-state index contributed by atoms with van der Waals surface area (Å²) in [5.74, 6) is 0.351. The summed E-state index contributed by atoms with van der Waals surface area (Å²) in [7, 11) is 1.33. The number of tetrazole rings is 1. The van der Waals surface area contributed by atoms with Gasteiger partial charge in [0, 0.05) is 16.8 Å². The van der Waals surface area contributed by atoms with Gasteiger partial charge in [0.2, 0.25) is 5.16 Å². The van der Waals surface area contributed by atoms with E-state index in [2.05, 4.69) is 25.2 Å². The highest BCUT2D eigenvalue weighted by Gasteiger charge is 2.11. The summed E-state index contributed by atoms with van der Waals surface area (Å²) in [6.45, 7) is 0.0223. The average molecular weight is 271 g/mol. The molecule has 0 bridgehead atoms. The molecule has 90 valence electrons. The van der Waals surface area contributed by atoms with Crippen LogP contribution in [0, 0.1) is 0 Å². The number of thiazole rings is 1. The molecule has 0 aliphatic carbocycles. The number of thioether (sulfide) groups is 1. The molecular formula is C8H9N5O2S2. The number of carbonyl (C=O) groups excluding carboxylic acids is 1. The predicted molar refractivity (Wildman–Crippen MR) is 61.5 cm³/mol. The predicted octanol–water partition coefficient (Wildman–Crippen LogP) is 0.595. The Morgan fingerprint density at radius 2 is 2.53 bits per heavy atom. The highest BCUT2D eigenvalue weighted by molar-refractivity contribution is 7.98. The number of esters is 1. The van der Waals surface area contributed by atoms with Crippen LogP contribution in [-0.2, 0) is 21.8 Å². The van der Waals surface area contributed by atoms with Gasteiger partial charge in [0.1, 0.15) is 6.54 Å². The molecule has 9 heteroatoms. The number of aromatic nitrogens is 5. The van der Waals surface area contributed by atoms with Gasteiger partial charge < -0.3 is 4.74 Å². The van der Waals surface area contributed by atoms with Gasteiger partial charge in [-0.05, 0) is 10.4 Å². The zero-order chi connectivity index (χ0) is 12.1. The van der Waals surface area contributed by atoms with Crippen LogP contribution in [0.5, 0.6) is 0 Å². The molecule has 7 nitrogen and oxygen atoms in total. The van der Waals surface area contributed by atoms with Gasteiger partial charge in [-0.2, -0.15) is 0 Å². The van der Waals surface area contributed by atoms with E-state index in [1.165, 1.54) is 23.6 Å². The van der Waals surface area contributed by atoms with E-state index in [1.807, 2.05) is 0 Å². The van der Waals surface area contributed by atoms with Gasteiger partial charge in [-0.3, -0.25) is 9.78 Å². The van der Waals surface area contributed by atoms with Crippen molar-refractivity contribution in [2.45, 2.75) is 17.5 Å². The quantitative estimate of drug-likeness (QED) is 0.581. The zero-order valence-electron chi connectivity index (χ0n) is 8.94. The first-order valence-electron chi connectivity index (χ1n) is 4.62.